The first-order valence-corrected chi connectivity index (χ1v) is 12.5. The summed E-state index contributed by atoms with van der Waals surface area (Å²) < 4.78 is 0. The van der Waals surface area contributed by atoms with Crippen LogP contribution in [0, 0.1) is 28.6 Å². The number of rotatable bonds is 5. The largest absolute Gasteiger partial charge is 0.354 e. The fourth-order valence-electron chi connectivity index (χ4n) is 2.27. The van der Waals surface area contributed by atoms with Gasteiger partial charge in [0.2, 0.25) is 11.8 Å². The van der Waals surface area contributed by atoms with Crippen molar-refractivity contribution in [2.75, 3.05) is 5.32 Å². The molecule has 0 aromatic heterocycles. The molecule has 0 saturated heterocycles. The molecule has 4 heteroatoms. The predicted octanol–water partition coefficient (Wildman–Crippen LogP) is 7.73. The maximum absolute atomic E-state index is 12.0. The van der Waals surface area contributed by atoms with Gasteiger partial charge in [0.25, 0.3) is 0 Å². The number of anilines is 1. The summed E-state index contributed by atoms with van der Waals surface area (Å²) in [5, 5.41) is 5.87. The van der Waals surface area contributed by atoms with Gasteiger partial charge in [-0.05, 0) is 54.7 Å². The number of hydrogen-bond acceptors (Lipinski definition) is 2. The van der Waals surface area contributed by atoms with E-state index in [0.717, 1.165) is 18.0 Å². The van der Waals surface area contributed by atoms with Gasteiger partial charge in [-0.1, -0.05) is 95.2 Å². The third kappa shape index (κ3) is 16.4. The fourth-order valence-corrected chi connectivity index (χ4v) is 2.27. The van der Waals surface area contributed by atoms with Gasteiger partial charge in [0.1, 0.15) is 0 Å². The Morgan fingerprint density at radius 1 is 0.727 bits per heavy atom. The minimum absolute atomic E-state index is 0.00616. The van der Waals surface area contributed by atoms with Gasteiger partial charge in [-0.2, -0.15) is 0 Å². The molecule has 2 atom stereocenters. The molecule has 0 aliphatic heterocycles. The van der Waals surface area contributed by atoms with E-state index in [1.54, 1.807) is 0 Å². The second-order valence-electron chi connectivity index (χ2n) is 12.1. The minimum Gasteiger partial charge on any atom is -0.354 e. The van der Waals surface area contributed by atoms with Crippen molar-refractivity contribution in [2.24, 2.45) is 28.6 Å². The lowest BCUT2D eigenvalue weighted by Gasteiger charge is -2.26. The van der Waals surface area contributed by atoms with Gasteiger partial charge in [-0.25, -0.2) is 0 Å². The number of amides is 2. The molecule has 0 aliphatic carbocycles. The average molecular weight is 463 g/mol. The summed E-state index contributed by atoms with van der Waals surface area (Å²) >= 11 is 0. The van der Waals surface area contributed by atoms with Crippen molar-refractivity contribution in [3.05, 3.63) is 29.8 Å². The van der Waals surface area contributed by atoms with Crippen LogP contribution in [-0.4, -0.2) is 17.9 Å². The molecule has 0 saturated carbocycles. The van der Waals surface area contributed by atoms with Gasteiger partial charge in [0, 0.05) is 23.6 Å². The summed E-state index contributed by atoms with van der Waals surface area (Å²) in [6, 6.07) is 8.27. The SMILES string of the molecule is CC(C)C.CC(C)NC(=O)C(C)C(C)(C)C.CCc1ccc(NC(=O)C(C)C(C)(C)C)cc1. The fraction of sp³-hybridized carbons (Fsp3) is 0.724. The van der Waals surface area contributed by atoms with Crippen LogP contribution < -0.4 is 10.6 Å². The Morgan fingerprint density at radius 2 is 1.09 bits per heavy atom. The standard InChI is InChI=1S/C15H23NO.C10H21NO.C4H10/c1-6-12-7-9-13(10-8-12)16-14(17)11(2)15(3,4)5;1-7(2)11-9(12)8(3)10(4,5)6;1-4(2)3/h7-11H,6H2,1-5H3,(H,16,17);7-8H,1-6H3,(H,11,12);4H,1-3H3. The molecule has 0 aliphatic rings. The molecular formula is C29H54N2O2. The summed E-state index contributed by atoms with van der Waals surface area (Å²) in [6.07, 6.45) is 1.02. The topological polar surface area (TPSA) is 58.2 Å². The lowest BCUT2D eigenvalue weighted by Crippen LogP contribution is -2.39. The number of aryl methyl sites for hydroxylation is 1. The molecule has 0 bridgehead atoms. The molecule has 4 nitrogen and oxygen atoms in total. The molecule has 0 heterocycles. The minimum atomic E-state index is -0.00651. The van der Waals surface area contributed by atoms with E-state index >= 15 is 0 Å². The lowest BCUT2D eigenvalue weighted by atomic mass is 9.81. The maximum Gasteiger partial charge on any atom is 0.227 e. The van der Waals surface area contributed by atoms with Crippen LogP contribution in [0.3, 0.4) is 0 Å². The molecule has 2 amide bonds. The first-order valence-electron chi connectivity index (χ1n) is 12.5. The van der Waals surface area contributed by atoms with Gasteiger partial charge in [0.05, 0.1) is 0 Å². The van der Waals surface area contributed by atoms with Crippen molar-refractivity contribution in [3.8, 4) is 0 Å². The van der Waals surface area contributed by atoms with E-state index in [-0.39, 0.29) is 40.5 Å². The second-order valence-corrected chi connectivity index (χ2v) is 12.1. The Balaban J connectivity index is 0. The Morgan fingerprint density at radius 3 is 1.39 bits per heavy atom. The molecule has 33 heavy (non-hydrogen) atoms. The van der Waals surface area contributed by atoms with E-state index in [4.69, 9.17) is 0 Å². The number of hydrogen-bond donors (Lipinski definition) is 2. The van der Waals surface area contributed by atoms with Gasteiger partial charge in [-0.3, -0.25) is 9.59 Å². The molecule has 0 fully saturated rings. The van der Waals surface area contributed by atoms with Crippen molar-refractivity contribution in [3.63, 3.8) is 0 Å². The summed E-state index contributed by atoms with van der Waals surface area (Å²) in [4.78, 5) is 23.5. The van der Waals surface area contributed by atoms with E-state index in [0.29, 0.717) is 0 Å². The van der Waals surface area contributed by atoms with Crippen molar-refractivity contribution in [1.82, 2.24) is 5.32 Å². The smallest absolute Gasteiger partial charge is 0.227 e. The van der Waals surface area contributed by atoms with Crippen LogP contribution in [-0.2, 0) is 16.0 Å². The molecule has 2 unspecified atom stereocenters. The van der Waals surface area contributed by atoms with Crippen LogP contribution in [0.1, 0.15) is 102 Å². The molecule has 0 radical (unpaired) electrons. The summed E-state index contributed by atoms with van der Waals surface area (Å²) in [7, 11) is 0. The molecular weight excluding hydrogens is 408 g/mol. The molecule has 1 aromatic rings. The third-order valence-corrected chi connectivity index (χ3v) is 5.45. The highest BCUT2D eigenvalue weighted by atomic mass is 16.2. The van der Waals surface area contributed by atoms with E-state index in [9.17, 15) is 9.59 Å². The van der Waals surface area contributed by atoms with Gasteiger partial charge in [-0.15, -0.1) is 0 Å². The van der Waals surface area contributed by atoms with Gasteiger partial charge < -0.3 is 10.6 Å². The van der Waals surface area contributed by atoms with Crippen LogP contribution in [0.5, 0.6) is 0 Å². The van der Waals surface area contributed by atoms with E-state index in [1.165, 1.54) is 5.56 Å². The number of nitrogens with one attached hydrogen (secondary N) is 2. The summed E-state index contributed by atoms with van der Waals surface area (Å²) in [5.74, 6) is 1.13. The highest BCUT2D eigenvalue weighted by Gasteiger charge is 2.27. The average Bonchev–Trinajstić information content (AvgIpc) is 2.65. The van der Waals surface area contributed by atoms with E-state index < -0.39 is 0 Å². The Kier molecular flexibility index (Phi) is 15.3. The zero-order valence-electron chi connectivity index (χ0n) is 24.1. The Hall–Kier alpha value is -1.84. The third-order valence-electron chi connectivity index (χ3n) is 5.45. The highest BCUT2D eigenvalue weighted by Crippen LogP contribution is 2.27. The maximum atomic E-state index is 12.0. The van der Waals surface area contributed by atoms with E-state index in [1.807, 2.05) is 39.8 Å². The first-order chi connectivity index (χ1) is 14.8. The van der Waals surface area contributed by atoms with Crippen LogP contribution in [0.25, 0.3) is 0 Å². The molecule has 1 rings (SSSR count). The highest BCUT2D eigenvalue weighted by molar-refractivity contribution is 5.92. The molecule has 2 N–H and O–H groups in total. The Labute approximate surface area is 205 Å². The second kappa shape index (κ2) is 15.1. The van der Waals surface area contributed by atoms with Crippen LogP contribution in [0.4, 0.5) is 5.69 Å². The van der Waals surface area contributed by atoms with E-state index in [2.05, 4.69) is 92.0 Å². The van der Waals surface area contributed by atoms with Crippen molar-refractivity contribution >= 4 is 17.5 Å². The molecule has 0 spiro atoms. The number of carbonyl (C=O) groups is 2. The number of benzene rings is 1. The van der Waals surface area contributed by atoms with Crippen molar-refractivity contribution in [1.29, 1.82) is 0 Å². The zero-order valence-corrected chi connectivity index (χ0v) is 24.1. The van der Waals surface area contributed by atoms with Crippen molar-refractivity contribution < 1.29 is 9.59 Å². The normalized spacial score (nSPS) is 13.2. The van der Waals surface area contributed by atoms with Crippen LogP contribution >= 0.6 is 0 Å². The van der Waals surface area contributed by atoms with Gasteiger partial charge >= 0.3 is 0 Å². The van der Waals surface area contributed by atoms with Crippen molar-refractivity contribution in [2.45, 2.75) is 109 Å². The summed E-state index contributed by atoms with van der Waals surface area (Å²) in [6.45, 7) is 29.0. The first kappa shape index (κ1) is 33.3. The monoisotopic (exact) mass is 462 g/mol. The quantitative estimate of drug-likeness (QED) is 0.470. The Bertz CT molecular complexity index is 674. The molecule has 1 aromatic carbocycles. The van der Waals surface area contributed by atoms with Gasteiger partial charge in [0.15, 0.2) is 0 Å². The van der Waals surface area contributed by atoms with Crippen LogP contribution in [0.15, 0.2) is 24.3 Å². The zero-order chi connectivity index (χ0) is 26.6. The van der Waals surface area contributed by atoms with Crippen LogP contribution in [0.2, 0.25) is 0 Å². The lowest BCUT2D eigenvalue weighted by molar-refractivity contribution is -0.128. The molecule has 192 valence electrons. The predicted molar refractivity (Wildman–Crippen MR) is 145 cm³/mol. The summed E-state index contributed by atoms with van der Waals surface area (Å²) in [5.41, 5.74) is 2.21. The number of carbonyl (C=O) groups excluding carboxylic acids is 2.